The molecule has 1 fully saturated rings. The summed E-state index contributed by atoms with van der Waals surface area (Å²) in [6.07, 6.45) is 2.60. The maximum atomic E-state index is 11.8. The molecule has 8 heteroatoms. The monoisotopic (exact) mass is 427 g/mol. The van der Waals surface area contributed by atoms with Crippen LogP contribution in [-0.4, -0.2) is 74.9 Å². The number of nitrogens with zero attached hydrogens (tertiary/aromatic N) is 3. The molecule has 2 heterocycles. The highest BCUT2D eigenvalue weighted by Gasteiger charge is 2.17. The van der Waals surface area contributed by atoms with E-state index in [0.717, 1.165) is 50.7 Å². The molecule has 0 atom stereocenters. The zero-order chi connectivity index (χ0) is 22.1. The molecule has 0 amide bonds. The Morgan fingerprint density at radius 1 is 0.968 bits per heavy atom. The number of hydrogen-bond donors (Lipinski definition) is 0. The number of esters is 2. The first-order valence-corrected chi connectivity index (χ1v) is 10.5. The van der Waals surface area contributed by atoms with Crippen LogP contribution in [0.4, 0.5) is 5.82 Å². The molecule has 3 rings (SSSR count). The van der Waals surface area contributed by atoms with Gasteiger partial charge in [0.2, 0.25) is 0 Å². The predicted octanol–water partition coefficient (Wildman–Crippen LogP) is 2.64. The SMILES string of the molecule is CCOC(=O)c1ccc(N2CCCN(CCOc3ccc(C(=O)OC)cc3)CC2)nc1. The third-order valence-electron chi connectivity index (χ3n) is 5.12. The number of carbonyl (C=O) groups excluding carboxylic acids is 2. The van der Waals surface area contributed by atoms with Crippen LogP contribution >= 0.6 is 0 Å². The molecule has 1 aliphatic rings. The lowest BCUT2D eigenvalue weighted by Gasteiger charge is -2.23. The summed E-state index contributed by atoms with van der Waals surface area (Å²) >= 11 is 0. The Labute approximate surface area is 182 Å². The molecule has 0 radical (unpaired) electrons. The topological polar surface area (TPSA) is 81.2 Å². The van der Waals surface area contributed by atoms with E-state index in [4.69, 9.17) is 14.2 Å². The van der Waals surface area contributed by atoms with E-state index >= 15 is 0 Å². The molecule has 1 aromatic heterocycles. The summed E-state index contributed by atoms with van der Waals surface area (Å²) in [5, 5.41) is 0. The Bertz CT molecular complexity index is 855. The Hall–Kier alpha value is -3.13. The number of anilines is 1. The Kier molecular flexibility index (Phi) is 8.23. The van der Waals surface area contributed by atoms with Crippen LogP contribution in [0.15, 0.2) is 42.6 Å². The second-order valence-electron chi connectivity index (χ2n) is 7.17. The molecule has 1 saturated heterocycles. The molecule has 0 unspecified atom stereocenters. The summed E-state index contributed by atoms with van der Waals surface area (Å²) in [6, 6.07) is 10.6. The number of methoxy groups -OCH3 is 1. The molecule has 0 saturated carbocycles. The van der Waals surface area contributed by atoms with Gasteiger partial charge in [-0.1, -0.05) is 0 Å². The fourth-order valence-corrected chi connectivity index (χ4v) is 3.43. The highest BCUT2D eigenvalue weighted by atomic mass is 16.5. The van der Waals surface area contributed by atoms with E-state index in [1.807, 2.05) is 6.07 Å². The van der Waals surface area contributed by atoms with Gasteiger partial charge in [0.15, 0.2) is 0 Å². The van der Waals surface area contributed by atoms with E-state index in [1.54, 1.807) is 43.5 Å². The summed E-state index contributed by atoms with van der Waals surface area (Å²) in [4.78, 5) is 32.3. The number of hydrogen-bond acceptors (Lipinski definition) is 8. The molecule has 166 valence electrons. The van der Waals surface area contributed by atoms with Crippen molar-refractivity contribution in [2.45, 2.75) is 13.3 Å². The highest BCUT2D eigenvalue weighted by molar-refractivity contribution is 5.89. The zero-order valence-corrected chi connectivity index (χ0v) is 18.1. The van der Waals surface area contributed by atoms with Gasteiger partial charge in [-0.05, 0) is 49.7 Å². The van der Waals surface area contributed by atoms with Crippen molar-refractivity contribution < 1.29 is 23.8 Å². The Balaban J connectivity index is 1.44. The second kappa shape index (κ2) is 11.3. The molecule has 0 spiro atoms. The predicted molar refractivity (Wildman–Crippen MR) is 117 cm³/mol. The third kappa shape index (κ3) is 6.42. The first kappa shape index (κ1) is 22.6. The molecular formula is C23H29N3O5. The minimum absolute atomic E-state index is 0.344. The average Bonchev–Trinajstić information content (AvgIpc) is 3.05. The van der Waals surface area contributed by atoms with E-state index in [9.17, 15) is 9.59 Å². The van der Waals surface area contributed by atoms with Gasteiger partial charge in [0, 0.05) is 38.9 Å². The van der Waals surface area contributed by atoms with Crippen molar-refractivity contribution in [3.8, 4) is 5.75 Å². The lowest BCUT2D eigenvalue weighted by atomic mass is 10.2. The summed E-state index contributed by atoms with van der Waals surface area (Å²) in [6.45, 7) is 7.21. The summed E-state index contributed by atoms with van der Waals surface area (Å²) in [7, 11) is 1.36. The summed E-state index contributed by atoms with van der Waals surface area (Å²) < 4.78 is 15.5. The first-order chi connectivity index (χ1) is 15.1. The largest absolute Gasteiger partial charge is 0.492 e. The first-order valence-electron chi connectivity index (χ1n) is 10.5. The molecule has 31 heavy (non-hydrogen) atoms. The molecule has 1 aromatic carbocycles. The molecule has 2 aromatic rings. The molecule has 0 N–H and O–H groups in total. The van der Waals surface area contributed by atoms with Gasteiger partial charge in [-0.15, -0.1) is 0 Å². The van der Waals surface area contributed by atoms with Crippen molar-refractivity contribution in [2.75, 3.05) is 57.9 Å². The van der Waals surface area contributed by atoms with E-state index in [0.29, 0.717) is 24.3 Å². The van der Waals surface area contributed by atoms with Crippen molar-refractivity contribution in [2.24, 2.45) is 0 Å². The standard InChI is InChI=1S/C23H29N3O5/c1-3-30-23(28)19-7-10-21(24-17-19)26-12-4-11-25(13-14-26)15-16-31-20-8-5-18(6-9-20)22(27)29-2/h5-10,17H,3-4,11-16H2,1-2H3. The smallest absolute Gasteiger partial charge is 0.339 e. The third-order valence-corrected chi connectivity index (χ3v) is 5.12. The summed E-state index contributed by atoms with van der Waals surface area (Å²) in [5.74, 6) is 0.904. The second-order valence-corrected chi connectivity index (χ2v) is 7.17. The van der Waals surface area contributed by atoms with Crippen molar-refractivity contribution in [1.82, 2.24) is 9.88 Å². The van der Waals surface area contributed by atoms with Gasteiger partial charge in [0.25, 0.3) is 0 Å². The van der Waals surface area contributed by atoms with Crippen LogP contribution in [-0.2, 0) is 9.47 Å². The van der Waals surface area contributed by atoms with Crippen LogP contribution in [0.25, 0.3) is 0 Å². The number of aromatic nitrogens is 1. The fraction of sp³-hybridized carbons (Fsp3) is 0.435. The molecular weight excluding hydrogens is 398 g/mol. The van der Waals surface area contributed by atoms with Gasteiger partial charge in [-0.2, -0.15) is 0 Å². The molecule has 0 bridgehead atoms. The van der Waals surface area contributed by atoms with Gasteiger partial charge in [-0.25, -0.2) is 14.6 Å². The van der Waals surface area contributed by atoms with Crippen LogP contribution in [0, 0.1) is 0 Å². The van der Waals surface area contributed by atoms with Gasteiger partial charge in [0.1, 0.15) is 18.2 Å². The number of benzene rings is 1. The quantitative estimate of drug-likeness (QED) is 0.595. The van der Waals surface area contributed by atoms with Gasteiger partial charge in [-0.3, -0.25) is 4.90 Å². The average molecular weight is 428 g/mol. The van der Waals surface area contributed by atoms with E-state index in [1.165, 1.54) is 7.11 Å². The molecule has 1 aliphatic heterocycles. The molecule has 0 aliphatic carbocycles. The maximum absolute atomic E-state index is 11.8. The van der Waals surface area contributed by atoms with Crippen LogP contribution < -0.4 is 9.64 Å². The Morgan fingerprint density at radius 2 is 1.74 bits per heavy atom. The number of ether oxygens (including phenoxy) is 3. The van der Waals surface area contributed by atoms with Crippen molar-refractivity contribution in [3.63, 3.8) is 0 Å². The lowest BCUT2D eigenvalue weighted by Crippen LogP contribution is -2.33. The van der Waals surface area contributed by atoms with Crippen LogP contribution in [0.1, 0.15) is 34.1 Å². The van der Waals surface area contributed by atoms with E-state index in [-0.39, 0.29) is 11.9 Å². The number of pyridine rings is 1. The van der Waals surface area contributed by atoms with Gasteiger partial charge < -0.3 is 19.1 Å². The van der Waals surface area contributed by atoms with Gasteiger partial charge in [0.05, 0.1) is 24.8 Å². The lowest BCUT2D eigenvalue weighted by molar-refractivity contribution is 0.0525. The van der Waals surface area contributed by atoms with Crippen molar-refractivity contribution >= 4 is 17.8 Å². The highest BCUT2D eigenvalue weighted by Crippen LogP contribution is 2.16. The Morgan fingerprint density at radius 3 is 2.42 bits per heavy atom. The van der Waals surface area contributed by atoms with E-state index in [2.05, 4.69) is 14.8 Å². The maximum Gasteiger partial charge on any atom is 0.339 e. The number of rotatable bonds is 8. The summed E-state index contributed by atoms with van der Waals surface area (Å²) in [5.41, 5.74) is 0.977. The minimum atomic E-state index is -0.356. The molecule has 8 nitrogen and oxygen atoms in total. The van der Waals surface area contributed by atoms with Crippen LogP contribution in [0.2, 0.25) is 0 Å². The van der Waals surface area contributed by atoms with Crippen molar-refractivity contribution in [3.05, 3.63) is 53.7 Å². The van der Waals surface area contributed by atoms with Gasteiger partial charge >= 0.3 is 11.9 Å². The number of carbonyl (C=O) groups is 2. The minimum Gasteiger partial charge on any atom is -0.492 e. The van der Waals surface area contributed by atoms with E-state index < -0.39 is 0 Å². The van der Waals surface area contributed by atoms with Crippen LogP contribution in [0.5, 0.6) is 5.75 Å². The fourth-order valence-electron chi connectivity index (χ4n) is 3.43. The van der Waals surface area contributed by atoms with Crippen molar-refractivity contribution in [1.29, 1.82) is 0 Å². The van der Waals surface area contributed by atoms with Crippen LogP contribution in [0.3, 0.4) is 0 Å². The normalized spacial score (nSPS) is 14.6. The zero-order valence-electron chi connectivity index (χ0n) is 18.1.